The van der Waals surface area contributed by atoms with Crippen LogP contribution >= 0.6 is 43.2 Å². The second kappa shape index (κ2) is 5.60. The Bertz CT molecular complexity index is 684. The second-order valence-electron chi connectivity index (χ2n) is 4.60. The van der Waals surface area contributed by atoms with Crippen molar-refractivity contribution in [1.29, 1.82) is 0 Å². The van der Waals surface area contributed by atoms with E-state index in [0.29, 0.717) is 12.1 Å². The molecule has 1 aliphatic heterocycles. The van der Waals surface area contributed by atoms with Crippen molar-refractivity contribution in [2.75, 3.05) is 6.54 Å². The molecule has 0 saturated carbocycles. The van der Waals surface area contributed by atoms with Crippen molar-refractivity contribution in [2.24, 2.45) is 0 Å². The smallest absolute Gasteiger partial charge is 0.251 e. The lowest BCUT2D eigenvalue weighted by molar-refractivity contribution is 0.0945. The van der Waals surface area contributed by atoms with Crippen molar-refractivity contribution < 1.29 is 9.90 Å². The lowest BCUT2D eigenvalue weighted by atomic mass is 9.94. The fourth-order valence-electron chi connectivity index (χ4n) is 2.32. The van der Waals surface area contributed by atoms with Gasteiger partial charge >= 0.3 is 0 Å². The molecule has 1 aromatic carbocycles. The predicted molar refractivity (Wildman–Crippen MR) is 86.3 cm³/mol. The van der Waals surface area contributed by atoms with E-state index in [0.717, 1.165) is 30.7 Å². The third-order valence-corrected chi connectivity index (χ3v) is 5.74. The van der Waals surface area contributed by atoms with Crippen molar-refractivity contribution in [3.8, 4) is 0 Å². The highest BCUT2D eigenvalue weighted by atomic mass is 79.9. The maximum Gasteiger partial charge on any atom is 0.251 e. The maximum atomic E-state index is 11.9. The molecule has 0 fully saturated rings. The molecule has 20 heavy (non-hydrogen) atoms. The first-order valence-corrected chi connectivity index (χ1v) is 8.50. The molecule has 1 atom stereocenters. The van der Waals surface area contributed by atoms with E-state index in [1.54, 1.807) is 6.07 Å². The number of fused-ring (bicyclic) bond motifs is 1. The molecular weight excluding hydrogens is 406 g/mol. The third kappa shape index (κ3) is 2.57. The molecule has 1 amide bonds. The van der Waals surface area contributed by atoms with Gasteiger partial charge in [-0.15, -0.1) is 11.3 Å². The van der Waals surface area contributed by atoms with Crippen molar-refractivity contribution in [2.45, 2.75) is 12.5 Å². The Morgan fingerprint density at radius 2 is 2.10 bits per heavy atom. The van der Waals surface area contributed by atoms with Crippen molar-refractivity contribution in [3.63, 3.8) is 0 Å². The summed E-state index contributed by atoms with van der Waals surface area (Å²) >= 11 is 8.37. The van der Waals surface area contributed by atoms with Crippen LogP contribution in [-0.2, 0) is 6.42 Å². The summed E-state index contributed by atoms with van der Waals surface area (Å²) in [6, 6.07) is 7.49. The van der Waals surface area contributed by atoms with Crippen molar-refractivity contribution >= 4 is 49.1 Å². The van der Waals surface area contributed by atoms with Gasteiger partial charge in [0.15, 0.2) is 0 Å². The minimum atomic E-state index is -0.744. The van der Waals surface area contributed by atoms with Crippen LogP contribution in [0.15, 0.2) is 31.8 Å². The minimum Gasteiger partial charge on any atom is -0.384 e. The van der Waals surface area contributed by atoms with E-state index in [9.17, 15) is 9.90 Å². The number of halogens is 2. The molecular formula is C14H11Br2NO2S. The SMILES string of the molecule is O=C1NCCc2ccc(C(O)c3cc(Br)sc3Br)cc21. The topological polar surface area (TPSA) is 49.3 Å². The molecule has 6 heteroatoms. The quantitative estimate of drug-likeness (QED) is 0.785. The number of carbonyl (C=O) groups excluding carboxylic acids is 1. The molecule has 104 valence electrons. The van der Waals surface area contributed by atoms with E-state index in [1.165, 1.54) is 11.3 Å². The number of aliphatic hydroxyl groups is 1. The summed E-state index contributed by atoms with van der Waals surface area (Å²) in [5.74, 6) is -0.0640. The number of rotatable bonds is 2. The van der Waals surface area contributed by atoms with Crippen molar-refractivity contribution in [3.05, 3.63) is 54.1 Å². The standard InChI is InChI=1S/C14H11Br2NO2S/c15-11-6-10(13(16)20-11)12(18)8-2-1-7-3-4-17-14(19)9(7)5-8/h1-2,5-6,12,18H,3-4H2,(H,17,19). The van der Waals surface area contributed by atoms with E-state index in [2.05, 4.69) is 37.2 Å². The van der Waals surface area contributed by atoms with Crippen LogP contribution in [0.3, 0.4) is 0 Å². The molecule has 3 nitrogen and oxygen atoms in total. The molecule has 3 rings (SSSR count). The Hall–Kier alpha value is -0.690. The summed E-state index contributed by atoms with van der Waals surface area (Å²) < 4.78 is 1.84. The fraction of sp³-hybridized carbons (Fsp3) is 0.214. The molecule has 1 unspecified atom stereocenters. The highest BCUT2D eigenvalue weighted by Gasteiger charge is 2.21. The van der Waals surface area contributed by atoms with Gasteiger partial charge in [0, 0.05) is 17.7 Å². The van der Waals surface area contributed by atoms with E-state index < -0.39 is 6.10 Å². The minimum absolute atomic E-state index is 0.0640. The highest BCUT2D eigenvalue weighted by Crippen LogP contribution is 2.38. The summed E-state index contributed by atoms with van der Waals surface area (Å²) in [5.41, 5.74) is 3.23. The van der Waals surface area contributed by atoms with Gasteiger partial charge < -0.3 is 10.4 Å². The number of nitrogens with one attached hydrogen (secondary N) is 1. The molecule has 2 heterocycles. The Kier molecular flexibility index (Phi) is 3.99. The van der Waals surface area contributed by atoms with E-state index in [-0.39, 0.29) is 5.91 Å². The molecule has 0 bridgehead atoms. The molecule has 2 aromatic rings. The van der Waals surface area contributed by atoms with Crippen LogP contribution in [0, 0.1) is 0 Å². The monoisotopic (exact) mass is 415 g/mol. The Labute approximate surface area is 137 Å². The summed E-state index contributed by atoms with van der Waals surface area (Å²) in [4.78, 5) is 11.9. The first-order chi connectivity index (χ1) is 9.56. The zero-order valence-electron chi connectivity index (χ0n) is 10.3. The number of thiophene rings is 1. The Morgan fingerprint density at radius 3 is 2.80 bits per heavy atom. The molecule has 0 spiro atoms. The number of aliphatic hydroxyl groups excluding tert-OH is 1. The van der Waals surface area contributed by atoms with Gasteiger partial charge in [-0.25, -0.2) is 0 Å². The number of amides is 1. The van der Waals surface area contributed by atoms with Crippen LogP contribution in [0.1, 0.15) is 33.2 Å². The van der Waals surface area contributed by atoms with Crippen LogP contribution in [-0.4, -0.2) is 17.6 Å². The maximum absolute atomic E-state index is 11.9. The van der Waals surface area contributed by atoms with Crippen LogP contribution in [0.4, 0.5) is 0 Å². The molecule has 1 aromatic heterocycles. The van der Waals surface area contributed by atoms with Crippen molar-refractivity contribution in [1.82, 2.24) is 5.32 Å². The summed E-state index contributed by atoms with van der Waals surface area (Å²) in [7, 11) is 0. The van der Waals surface area contributed by atoms with Gasteiger partial charge in [0.2, 0.25) is 0 Å². The average molecular weight is 417 g/mol. The summed E-state index contributed by atoms with van der Waals surface area (Å²) in [6.45, 7) is 0.677. The van der Waals surface area contributed by atoms with E-state index in [4.69, 9.17) is 0 Å². The predicted octanol–water partition coefficient (Wildman–Crippen LogP) is 3.64. The van der Waals surface area contributed by atoms with E-state index >= 15 is 0 Å². The molecule has 2 N–H and O–H groups in total. The average Bonchev–Trinajstić information content (AvgIpc) is 2.77. The summed E-state index contributed by atoms with van der Waals surface area (Å²) in [6.07, 6.45) is 0.0949. The normalized spacial score (nSPS) is 15.7. The molecule has 1 aliphatic rings. The number of carbonyl (C=O) groups is 1. The zero-order valence-corrected chi connectivity index (χ0v) is 14.3. The zero-order chi connectivity index (χ0) is 14.3. The molecule has 0 saturated heterocycles. The number of hydrogen-bond acceptors (Lipinski definition) is 3. The van der Waals surface area contributed by atoms with Gasteiger partial charge in [-0.2, -0.15) is 0 Å². The Morgan fingerprint density at radius 1 is 1.30 bits per heavy atom. The van der Waals surface area contributed by atoms with Crippen LogP contribution < -0.4 is 5.32 Å². The number of benzene rings is 1. The van der Waals surface area contributed by atoms with E-state index in [1.807, 2.05) is 18.2 Å². The lowest BCUT2D eigenvalue weighted by Crippen LogP contribution is -2.31. The van der Waals surface area contributed by atoms with Gasteiger partial charge in [-0.1, -0.05) is 12.1 Å². The summed E-state index contributed by atoms with van der Waals surface area (Å²) in [5, 5.41) is 13.3. The first-order valence-electron chi connectivity index (χ1n) is 6.10. The fourth-order valence-corrected chi connectivity index (χ4v) is 5.20. The van der Waals surface area contributed by atoms with Gasteiger partial charge in [0.05, 0.1) is 7.57 Å². The third-order valence-electron chi connectivity index (χ3n) is 3.35. The molecule has 0 radical (unpaired) electrons. The van der Waals surface area contributed by atoms with Crippen LogP contribution in [0.2, 0.25) is 0 Å². The van der Waals surface area contributed by atoms with Gasteiger partial charge in [-0.3, -0.25) is 4.79 Å². The Balaban J connectivity index is 2.00. The largest absolute Gasteiger partial charge is 0.384 e. The van der Waals surface area contributed by atoms with Crippen LogP contribution in [0.5, 0.6) is 0 Å². The van der Waals surface area contributed by atoms with Gasteiger partial charge in [0.25, 0.3) is 5.91 Å². The van der Waals surface area contributed by atoms with Gasteiger partial charge in [0.1, 0.15) is 6.10 Å². The number of hydrogen-bond donors (Lipinski definition) is 2. The van der Waals surface area contributed by atoms with Gasteiger partial charge in [-0.05, 0) is 61.5 Å². The first kappa shape index (κ1) is 14.3. The lowest BCUT2D eigenvalue weighted by Gasteiger charge is -2.19. The highest BCUT2D eigenvalue weighted by molar-refractivity contribution is 9.12. The molecule has 0 aliphatic carbocycles. The van der Waals surface area contributed by atoms with Crippen LogP contribution in [0.25, 0.3) is 0 Å². The second-order valence-corrected chi connectivity index (χ2v) is 8.35.